The number of methoxy groups -OCH3 is 1. The molecule has 0 heterocycles. The molecule has 0 atom stereocenters. The summed E-state index contributed by atoms with van der Waals surface area (Å²) in [5.41, 5.74) is 3.69. The summed E-state index contributed by atoms with van der Waals surface area (Å²) in [7, 11) is 1.62. The SMILES string of the molecule is COc1ccccc1-c1ccc(OCc2ccccc2)c(C(=O)NCCc2ccccc2F)c1. The lowest BCUT2D eigenvalue weighted by Gasteiger charge is -2.15. The monoisotopic (exact) mass is 455 g/mol. The third kappa shape index (κ3) is 5.62. The number of carbonyl (C=O) groups is 1. The van der Waals surface area contributed by atoms with Gasteiger partial charge in [0.1, 0.15) is 23.9 Å². The summed E-state index contributed by atoms with van der Waals surface area (Å²) < 4.78 is 25.4. The first-order chi connectivity index (χ1) is 16.7. The van der Waals surface area contributed by atoms with Crippen molar-refractivity contribution in [3.05, 3.63) is 120 Å². The molecule has 4 aromatic carbocycles. The van der Waals surface area contributed by atoms with Gasteiger partial charge in [-0.05, 0) is 47.4 Å². The molecule has 4 rings (SSSR count). The predicted octanol–water partition coefficient (Wildman–Crippen LogP) is 6.05. The van der Waals surface area contributed by atoms with E-state index in [1.165, 1.54) is 6.07 Å². The Balaban J connectivity index is 1.58. The Bertz CT molecular complexity index is 1260. The Morgan fingerprint density at radius 3 is 2.38 bits per heavy atom. The highest BCUT2D eigenvalue weighted by molar-refractivity contribution is 5.98. The maximum Gasteiger partial charge on any atom is 0.255 e. The van der Waals surface area contributed by atoms with Crippen molar-refractivity contribution in [3.8, 4) is 22.6 Å². The van der Waals surface area contributed by atoms with Gasteiger partial charge in [0.25, 0.3) is 5.91 Å². The van der Waals surface area contributed by atoms with Crippen molar-refractivity contribution in [1.82, 2.24) is 5.32 Å². The number of benzene rings is 4. The molecule has 0 spiro atoms. The highest BCUT2D eigenvalue weighted by Crippen LogP contribution is 2.33. The third-order valence-electron chi connectivity index (χ3n) is 5.52. The van der Waals surface area contributed by atoms with Gasteiger partial charge in [0, 0.05) is 12.1 Å². The largest absolute Gasteiger partial charge is 0.496 e. The van der Waals surface area contributed by atoms with E-state index in [1.807, 2.05) is 60.7 Å². The van der Waals surface area contributed by atoms with Crippen LogP contribution in [0.5, 0.6) is 11.5 Å². The van der Waals surface area contributed by atoms with Crippen molar-refractivity contribution < 1.29 is 18.7 Å². The molecule has 0 aliphatic rings. The quantitative estimate of drug-likeness (QED) is 0.334. The van der Waals surface area contributed by atoms with E-state index in [9.17, 15) is 9.18 Å². The molecule has 4 aromatic rings. The molecule has 0 unspecified atom stereocenters. The summed E-state index contributed by atoms with van der Waals surface area (Å²) in [4.78, 5) is 13.2. The van der Waals surface area contributed by atoms with Gasteiger partial charge in [-0.25, -0.2) is 4.39 Å². The van der Waals surface area contributed by atoms with E-state index in [4.69, 9.17) is 9.47 Å². The van der Waals surface area contributed by atoms with Gasteiger partial charge < -0.3 is 14.8 Å². The maximum absolute atomic E-state index is 13.9. The number of ether oxygens (including phenoxy) is 2. The molecular weight excluding hydrogens is 429 g/mol. The van der Waals surface area contributed by atoms with Crippen LogP contribution in [-0.4, -0.2) is 19.6 Å². The molecule has 0 bridgehead atoms. The van der Waals surface area contributed by atoms with Gasteiger partial charge >= 0.3 is 0 Å². The Labute approximate surface area is 199 Å². The van der Waals surface area contributed by atoms with Gasteiger partial charge in [0.2, 0.25) is 0 Å². The van der Waals surface area contributed by atoms with Crippen molar-refractivity contribution in [2.45, 2.75) is 13.0 Å². The Morgan fingerprint density at radius 1 is 0.853 bits per heavy atom. The molecule has 0 aliphatic carbocycles. The smallest absolute Gasteiger partial charge is 0.255 e. The van der Waals surface area contributed by atoms with Crippen molar-refractivity contribution >= 4 is 5.91 Å². The molecule has 1 N–H and O–H groups in total. The molecule has 34 heavy (non-hydrogen) atoms. The van der Waals surface area contributed by atoms with E-state index in [2.05, 4.69) is 5.32 Å². The van der Waals surface area contributed by atoms with Gasteiger partial charge in [-0.15, -0.1) is 0 Å². The third-order valence-corrected chi connectivity index (χ3v) is 5.52. The van der Waals surface area contributed by atoms with E-state index in [0.717, 1.165) is 16.7 Å². The van der Waals surface area contributed by atoms with Gasteiger partial charge in [-0.2, -0.15) is 0 Å². The first kappa shape index (κ1) is 23.1. The second-order valence-corrected chi connectivity index (χ2v) is 7.78. The van der Waals surface area contributed by atoms with Crippen LogP contribution >= 0.6 is 0 Å². The Kier molecular flexibility index (Phi) is 7.56. The second-order valence-electron chi connectivity index (χ2n) is 7.78. The zero-order valence-corrected chi connectivity index (χ0v) is 19.0. The molecule has 0 radical (unpaired) electrons. The number of nitrogens with one attached hydrogen (secondary N) is 1. The van der Waals surface area contributed by atoms with Crippen LogP contribution in [0.3, 0.4) is 0 Å². The average Bonchev–Trinajstić information content (AvgIpc) is 2.89. The van der Waals surface area contributed by atoms with E-state index in [1.54, 1.807) is 37.4 Å². The normalized spacial score (nSPS) is 10.5. The number of halogens is 1. The fourth-order valence-electron chi connectivity index (χ4n) is 3.73. The molecule has 1 amide bonds. The van der Waals surface area contributed by atoms with Crippen LogP contribution in [0.15, 0.2) is 97.1 Å². The minimum Gasteiger partial charge on any atom is -0.496 e. The molecule has 0 fully saturated rings. The highest BCUT2D eigenvalue weighted by atomic mass is 19.1. The Hall–Kier alpha value is -4.12. The van der Waals surface area contributed by atoms with Crippen molar-refractivity contribution in [3.63, 3.8) is 0 Å². The van der Waals surface area contributed by atoms with Crippen LogP contribution in [0, 0.1) is 5.82 Å². The highest BCUT2D eigenvalue weighted by Gasteiger charge is 2.16. The summed E-state index contributed by atoms with van der Waals surface area (Å²) in [6.07, 6.45) is 0.394. The average molecular weight is 456 g/mol. The molecule has 172 valence electrons. The molecule has 0 aliphatic heterocycles. The maximum atomic E-state index is 13.9. The van der Waals surface area contributed by atoms with Crippen molar-refractivity contribution in [2.75, 3.05) is 13.7 Å². The van der Waals surface area contributed by atoms with Crippen LogP contribution in [0.2, 0.25) is 0 Å². The van der Waals surface area contributed by atoms with E-state index in [0.29, 0.717) is 42.2 Å². The zero-order valence-electron chi connectivity index (χ0n) is 19.0. The van der Waals surface area contributed by atoms with Crippen LogP contribution in [0.1, 0.15) is 21.5 Å². The van der Waals surface area contributed by atoms with Gasteiger partial charge in [-0.3, -0.25) is 4.79 Å². The fourth-order valence-corrected chi connectivity index (χ4v) is 3.73. The van der Waals surface area contributed by atoms with E-state index < -0.39 is 0 Å². The lowest BCUT2D eigenvalue weighted by molar-refractivity contribution is 0.0949. The Morgan fingerprint density at radius 2 is 1.59 bits per heavy atom. The lowest BCUT2D eigenvalue weighted by atomic mass is 10.0. The van der Waals surface area contributed by atoms with E-state index in [-0.39, 0.29) is 11.7 Å². The summed E-state index contributed by atoms with van der Waals surface area (Å²) in [6.45, 7) is 0.640. The molecule has 4 nitrogen and oxygen atoms in total. The summed E-state index contributed by atoms with van der Waals surface area (Å²) >= 11 is 0. The number of hydrogen-bond donors (Lipinski definition) is 1. The first-order valence-electron chi connectivity index (χ1n) is 11.1. The van der Waals surface area contributed by atoms with Crippen molar-refractivity contribution in [1.29, 1.82) is 0 Å². The zero-order chi connectivity index (χ0) is 23.8. The van der Waals surface area contributed by atoms with E-state index >= 15 is 0 Å². The summed E-state index contributed by atoms with van der Waals surface area (Å²) in [5, 5.41) is 2.90. The first-order valence-corrected chi connectivity index (χ1v) is 11.1. The minimum absolute atomic E-state index is 0.276. The number of hydrogen-bond acceptors (Lipinski definition) is 3. The molecule has 5 heteroatoms. The van der Waals surface area contributed by atoms with Gasteiger partial charge in [-0.1, -0.05) is 72.8 Å². The van der Waals surface area contributed by atoms with Crippen LogP contribution in [-0.2, 0) is 13.0 Å². The van der Waals surface area contributed by atoms with Crippen LogP contribution < -0.4 is 14.8 Å². The molecule has 0 aromatic heterocycles. The number of rotatable bonds is 9. The summed E-state index contributed by atoms with van der Waals surface area (Å²) in [5.74, 6) is 0.634. The number of amides is 1. The molecule has 0 saturated carbocycles. The predicted molar refractivity (Wildman–Crippen MR) is 132 cm³/mol. The van der Waals surface area contributed by atoms with Gasteiger partial charge in [0.05, 0.1) is 12.7 Å². The van der Waals surface area contributed by atoms with Gasteiger partial charge in [0.15, 0.2) is 0 Å². The van der Waals surface area contributed by atoms with Crippen LogP contribution in [0.4, 0.5) is 4.39 Å². The second kappa shape index (κ2) is 11.1. The van der Waals surface area contributed by atoms with Crippen molar-refractivity contribution in [2.24, 2.45) is 0 Å². The molecule has 0 saturated heterocycles. The lowest BCUT2D eigenvalue weighted by Crippen LogP contribution is -2.26. The minimum atomic E-state index is -0.281. The standard InChI is InChI=1S/C29H26FNO3/c1-33-27-14-8-6-12-24(27)23-15-16-28(34-20-21-9-3-2-4-10-21)25(19-23)29(32)31-18-17-22-11-5-7-13-26(22)30/h2-16,19H,17-18,20H2,1H3,(H,31,32). The molecular formula is C29H26FNO3. The topological polar surface area (TPSA) is 47.6 Å². The fraction of sp³-hybridized carbons (Fsp3) is 0.138. The summed E-state index contributed by atoms with van der Waals surface area (Å²) in [6, 6.07) is 29.5. The number of para-hydroxylation sites is 1. The number of carbonyl (C=O) groups excluding carboxylic acids is 1. The van der Waals surface area contributed by atoms with Crippen LogP contribution in [0.25, 0.3) is 11.1 Å².